The van der Waals surface area contributed by atoms with Gasteiger partial charge in [-0.2, -0.15) is 0 Å². The first-order valence-electron chi connectivity index (χ1n) is 4.84. The third-order valence-electron chi connectivity index (χ3n) is 2.12. The minimum Gasteiger partial charge on any atom is -0.508 e. The molecular formula is C11H14BrNO3. The summed E-state index contributed by atoms with van der Waals surface area (Å²) >= 11 is 3.28. The molecule has 2 N–H and O–H groups in total. The third kappa shape index (κ3) is 3.41. The van der Waals surface area contributed by atoms with Crippen molar-refractivity contribution in [2.75, 3.05) is 13.7 Å². The number of ether oxygens (including phenoxy) is 1. The highest BCUT2D eigenvalue weighted by Crippen LogP contribution is 2.32. The minimum absolute atomic E-state index is 0.0800. The lowest BCUT2D eigenvalue weighted by molar-refractivity contribution is -0.118. The van der Waals surface area contributed by atoms with Crippen LogP contribution >= 0.6 is 15.9 Å². The van der Waals surface area contributed by atoms with E-state index >= 15 is 0 Å². The van der Waals surface area contributed by atoms with Crippen molar-refractivity contribution in [3.8, 4) is 11.5 Å². The molecule has 0 aliphatic carbocycles. The van der Waals surface area contributed by atoms with Crippen LogP contribution in [0.2, 0.25) is 0 Å². The molecule has 1 rings (SSSR count). The van der Waals surface area contributed by atoms with Gasteiger partial charge < -0.3 is 15.2 Å². The highest BCUT2D eigenvalue weighted by molar-refractivity contribution is 9.10. The van der Waals surface area contributed by atoms with Crippen LogP contribution in [-0.4, -0.2) is 24.7 Å². The number of rotatable bonds is 4. The molecular weight excluding hydrogens is 274 g/mol. The maximum atomic E-state index is 10.7. The number of hydrogen-bond donors (Lipinski definition) is 2. The molecule has 0 aliphatic heterocycles. The maximum Gasteiger partial charge on any atom is 0.216 e. The lowest BCUT2D eigenvalue weighted by Crippen LogP contribution is -2.22. The van der Waals surface area contributed by atoms with E-state index in [1.807, 2.05) is 0 Å². The second-order valence-corrected chi connectivity index (χ2v) is 4.20. The summed E-state index contributed by atoms with van der Waals surface area (Å²) in [5.74, 6) is 0.775. The molecule has 0 fully saturated rings. The predicted octanol–water partition coefficient (Wildman–Crippen LogP) is 1.84. The Bertz CT molecular complexity index is 393. The Kier molecular flexibility index (Phi) is 4.61. The molecule has 0 heterocycles. The summed E-state index contributed by atoms with van der Waals surface area (Å²) in [5, 5.41) is 12.3. The van der Waals surface area contributed by atoms with Crippen molar-refractivity contribution in [1.29, 1.82) is 0 Å². The van der Waals surface area contributed by atoms with Crippen molar-refractivity contribution in [1.82, 2.24) is 5.32 Å². The Labute approximate surface area is 103 Å². The van der Waals surface area contributed by atoms with E-state index in [-0.39, 0.29) is 11.7 Å². The van der Waals surface area contributed by atoms with Crippen molar-refractivity contribution in [2.45, 2.75) is 13.3 Å². The van der Waals surface area contributed by atoms with Crippen LogP contribution in [0, 0.1) is 0 Å². The van der Waals surface area contributed by atoms with Crippen LogP contribution < -0.4 is 10.1 Å². The van der Waals surface area contributed by atoms with E-state index in [9.17, 15) is 9.90 Å². The molecule has 0 aromatic heterocycles. The number of carbonyl (C=O) groups excluding carboxylic acids is 1. The van der Waals surface area contributed by atoms with Gasteiger partial charge in [0.15, 0.2) is 0 Å². The van der Waals surface area contributed by atoms with Crippen molar-refractivity contribution < 1.29 is 14.6 Å². The number of nitrogens with one attached hydrogen (secondary N) is 1. The van der Waals surface area contributed by atoms with E-state index in [0.717, 1.165) is 5.56 Å². The van der Waals surface area contributed by atoms with Crippen molar-refractivity contribution in [3.63, 3.8) is 0 Å². The normalized spacial score (nSPS) is 9.94. The number of phenols is 1. The fourth-order valence-electron chi connectivity index (χ4n) is 1.31. The van der Waals surface area contributed by atoms with Crippen LogP contribution in [0.3, 0.4) is 0 Å². The van der Waals surface area contributed by atoms with Crippen LogP contribution in [0.15, 0.2) is 16.6 Å². The summed E-state index contributed by atoms with van der Waals surface area (Å²) in [6.07, 6.45) is 0.565. The van der Waals surface area contributed by atoms with Gasteiger partial charge in [0, 0.05) is 13.5 Å². The molecule has 0 bridgehead atoms. The van der Waals surface area contributed by atoms with Crippen LogP contribution in [0.5, 0.6) is 11.5 Å². The Morgan fingerprint density at radius 2 is 2.25 bits per heavy atom. The van der Waals surface area contributed by atoms with Crippen LogP contribution in [0.1, 0.15) is 12.5 Å². The predicted molar refractivity (Wildman–Crippen MR) is 64.7 cm³/mol. The molecule has 5 heteroatoms. The summed E-state index contributed by atoms with van der Waals surface area (Å²) < 4.78 is 5.83. The van der Waals surface area contributed by atoms with Gasteiger partial charge in [0.1, 0.15) is 11.5 Å². The molecule has 4 nitrogen and oxygen atoms in total. The average molecular weight is 288 g/mol. The van der Waals surface area contributed by atoms with Gasteiger partial charge in [-0.15, -0.1) is 0 Å². The molecule has 0 saturated carbocycles. The van der Waals surface area contributed by atoms with E-state index in [4.69, 9.17) is 4.74 Å². The summed E-state index contributed by atoms with van der Waals surface area (Å²) in [7, 11) is 1.56. The Morgan fingerprint density at radius 3 is 2.81 bits per heavy atom. The summed E-state index contributed by atoms with van der Waals surface area (Å²) in [6, 6.07) is 3.34. The number of amides is 1. The minimum atomic E-state index is -0.0800. The number of aromatic hydroxyl groups is 1. The highest BCUT2D eigenvalue weighted by atomic mass is 79.9. The summed E-state index contributed by atoms with van der Waals surface area (Å²) in [6.45, 7) is 1.95. The maximum absolute atomic E-state index is 10.7. The molecule has 16 heavy (non-hydrogen) atoms. The molecule has 0 aliphatic rings. The third-order valence-corrected chi connectivity index (χ3v) is 2.74. The zero-order valence-electron chi connectivity index (χ0n) is 9.21. The number of methoxy groups -OCH3 is 1. The van der Waals surface area contributed by atoms with E-state index in [1.54, 1.807) is 19.2 Å². The van der Waals surface area contributed by atoms with Crippen LogP contribution in [-0.2, 0) is 11.2 Å². The first-order chi connectivity index (χ1) is 7.54. The molecule has 1 amide bonds. The molecule has 0 spiro atoms. The van der Waals surface area contributed by atoms with Crippen molar-refractivity contribution in [2.24, 2.45) is 0 Å². The molecule has 1 aromatic rings. The van der Waals surface area contributed by atoms with Gasteiger partial charge in [0.2, 0.25) is 5.91 Å². The molecule has 0 atom stereocenters. The molecule has 88 valence electrons. The summed E-state index contributed by atoms with van der Waals surface area (Å²) in [4.78, 5) is 10.7. The number of carbonyl (C=O) groups is 1. The van der Waals surface area contributed by atoms with Crippen LogP contribution in [0.4, 0.5) is 0 Å². The standard InChI is InChI=1S/C11H14BrNO3/c1-7(14)13-4-3-8-5-11(16-2)9(12)6-10(8)15/h5-6,15H,3-4H2,1-2H3,(H,13,14). The molecule has 1 aromatic carbocycles. The monoisotopic (exact) mass is 287 g/mol. The zero-order valence-corrected chi connectivity index (χ0v) is 10.8. The Balaban J connectivity index is 2.75. The first-order valence-corrected chi connectivity index (χ1v) is 5.63. The van der Waals surface area contributed by atoms with Gasteiger partial charge in [-0.25, -0.2) is 0 Å². The topological polar surface area (TPSA) is 58.6 Å². The second-order valence-electron chi connectivity index (χ2n) is 3.35. The SMILES string of the molecule is COc1cc(CCNC(C)=O)c(O)cc1Br. The Morgan fingerprint density at radius 1 is 1.56 bits per heavy atom. The van der Waals surface area contributed by atoms with E-state index in [2.05, 4.69) is 21.2 Å². The van der Waals surface area contributed by atoms with Crippen LogP contribution in [0.25, 0.3) is 0 Å². The number of halogens is 1. The quantitative estimate of drug-likeness (QED) is 0.889. The van der Waals surface area contributed by atoms with Gasteiger partial charge in [-0.05, 0) is 40.0 Å². The summed E-state index contributed by atoms with van der Waals surface area (Å²) in [5.41, 5.74) is 0.744. The lowest BCUT2D eigenvalue weighted by Gasteiger charge is -2.09. The zero-order chi connectivity index (χ0) is 12.1. The molecule has 0 saturated heterocycles. The first kappa shape index (κ1) is 12.8. The average Bonchev–Trinajstić information content (AvgIpc) is 2.20. The largest absolute Gasteiger partial charge is 0.508 e. The fourth-order valence-corrected chi connectivity index (χ4v) is 1.81. The fraction of sp³-hybridized carbons (Fsp3) is 0.364. The van der Waals surface area contributed by atoms with Crippen molar-refractivity contribution >= 4 is 21.8 Å². The lowest BCUT2D eigenvalue weighted by atomic mass is 10.1. The number of benzene rings is 1. The molecule has 0 unspecified atom stereocenters. The smallest absolute Gasteiger partial charge is 0.216 e. The van der Waals surface area contributed by atoms with Crippen molar-refractivity contribution in [3.05, 3.63) is 22.2 Å². The van der Waals surface area contributed by atoms with Gasteiger partial charge in [-0.1, -0.05) is 0 Å². The van der Waals surface area contributed by atoms with E-state index < -0.39 is 0 Å². The number of phenolic OH excluding ortho intramolecular Hbond substituents is 1. The molecule has 0 radical (unpaired) electrons. The van der Waals surface area contributed by atoms with Gasteiger partial charge in [0.25, 0.3) is 0 Å². The van der Waals surface area contributed by atoms with Gasteiger partial charge >= 0.3 is 0 Å². The van der Waals surface area contributed by atoms with Gasteiger partial charge in [-0.3, -0.25) is 4.79 Å². The highest BCUT2D eigenvalue weighted by Gasteiger charge is 2.07. The number of hydrogen-bond acceptors (Lipinski definition) is 3. The van der Waals surface area contributed by atoms with E-state index in [1.165, 1.54) is 6.92 Å². The second kappa shape index (κ2) is 5.75. The van der Waals surface area contributed by atoms with Gasteiger partial charge in [0.05, 0.1) is 11.6 Å². The van der Waals surface area contributed by atoms with E-state index in [0.29, 0.717) is 23.2 Å². The Hall–Kier alpha value is -1.23.